The normalized spacial score (nSPS) is 19.5. The maximum atomic E-state index is 14.8. The minimum atomic E-state index is -4.89. The van der Waals surface area contributed by atoms with Crippen LogP contribution in [0.1, 0.15) is 66.2 Å². The van der Waals surface area contributed by atoms with Crippen LogP contribution in [0, 0.1) is 0 Å². The summed E-state index contributed by atoms with van der Waals surface area (Å²) in [6.45, 7) is 2.39. The molecule has 2 aliphatic rings. The van der Waals surface area contributed by atoms with Gasteiger partial charge in [-0.1, -0.05) is 25.5 Å². The van der Waals surface area contributed by atoms with Crippen molar-refractivity contribution in [2.75, 3.05) is 42.9 Å². The number of piperazine rings is 1. The lowest BCUT2D eigenvalue weighted by Crippen LogP contribution is -2.69. The number of thiophene rings is 1. The molecular weight excluding hydrogens is 732 g/mol. The summed E-state index contributed by atoms with van der Waals surface area (Å²) in [4.78, 5) is 59.5. The average Bonchev–Trinajstić information content (AvgIpc) is 3.60. The number of carboxylic acids is 1. The van der Waals surface area contributed by atoms with Crippen LogP contribution in [-0.4, -0.2) is 87.9 Å². The standard InChI is InChI=1S/C35H37F6N5O6S/c1-2-6-27-33(52-22-19-28(53-21-22)35(39,40)41,12-5-14-46(27)31(50)23-20-42-13-11-24(23)34(36,37)38)32(51)45-17-15-44(16-18-45)26-8-4-3-7-25(26)43-29(47)9-10-30(48)49/h3-4,7-8,11,13,19-21,27H,2,5-6,9-10,12,14-18H2,1H3,(H,43,47)(H,48,49)/t27-,33+/m1/s1. The van der Waals surface area contributed by atoms with Crippen molar-refractivity contribution in [1.29, 1.82) is 0 Å². The third-order valence-electron chi connectivity index (χ3n) is 9.21. The number of para-hydroxylation sites is 2. The van der Waals surface area contributed by atoms with Crippen LogP contribution in [-0.2, 0) is 26.7 Å². The number of pyridine rings is 1. The van der Waals surface area contributed by atoms with Gasteiger partial charge in [0.2, 0.25) is 11.5 Å². The maximum Gasteiger partial charge on any atom is 0.425 e. The summed E-state index contributed by atoms with van der Waals surface area (Å²) in [7, 11) is 0. The number of piperidine rings is 1. The number of hydrogen-bond acceptors (Lipinski definition) is 8. The van der Waals surface area contributed by atoms with Crippen LogP contribution in [0.25, 0.3) is 0 Å². The highest BCUT2D eigenvalue weighted by Crippen LogP contribution is 2.43. The van der Waals surface area contributed by atoms with Crippen LogP contribution in [0.2, 0.25) is 0 Å². The minimum absolute atomic E-state index is 0.0257. The number of ether oxygens (including phenoxy) is 1. The lowest BCUT2D eigenvalue weighted by molar-refractivity contribution is -0.159. The largest absolute Gasteiger partial charge is 0.481 e. The lowest BCUT2D eigenvalue weighted by atomic mass is 9.79. The second-order valence-electron chi connectivity index (χ2n) is 12.7. The number of carboxylic acid groups (broad SMARTS) is 1. The monoisotopic (exact) mass is 769 g/mol. The lowest BCUT2D eigenvalue weighted by Gasteiger charge is -2.51. The van der Waals surface area contributed by atoms with Gasteiger partial charge in [0.1, 0.15) is 10.6 Å². The summed E-state index contributed by atoms with van der Waals surface area (Å²) in [5.41, 5.74) is -2.84. The SMILES string of the molecule is CCC[C@H]1N(C(=O)c2cnccc2C(F)(F)F)CCC[C@@]1(Oc1csc(C(F)(F)F)c1)C(=O)N1CCN(c2ccccc2NC(=O)CCC(=O)O)CC1. The molecule has 2 N–H and O–H groups in total. The van der Waals surface area contributed by atoms with Crippen LogP contribution >= 0.6 is 11.3 Å². The third-order valence-corrected chi connectivity index (χ3v) is 10.2. The van der Waals surface area contributed by atoms with E-state index in [1.165, 1.54) is 4.90 Å². The fourth-order valence-corrected chi connectivity index (χ4v) is 7.49. The Kier molecular flexibility index (Phi) is 11.9. The quantitative estimate of drug-likeness (QED) is 0.210. The molecule has 0 saturated carbocycles. The summed E-state index contributed by atoms with van der Waals surface area (Å²) in [6.07, 6.45) is -7.93. The molecule has 2 atom stereocenters. The fraction of sp³-hybridized carbons (Fsp3) is 0.457. The number of nitrogens with one attached hydrogen (secondary N) is 1. The van der Waals surface area contributed by atoms with E-state index in [1.807, 2.05) is 4.90 Å². The molecule has 2 fully saturated rings. The van der Waals surface area contributed by atoms with Crippen molar-refractivity contribution in [3.63, 3.8) is 0 Å². The van der Waals surface area contributed by atoms with Gasteiger partial charge in [-0.15, -0.1) is 11.3 Å². The first kappa shape index (κ1) is 39.3. The van der Waals surface area contributed by atoms with Crippen molar-refractivity contribution in [2.45, 2.75) is 69.4 Å². The summed E-state index contributed by atoms with van der Waals surface area (Å²) in [6, 6.07) is 7.14. The van der Waals surface area contributed by atoms with Gasteiger partial charge in [0, 0.05) is 69.4 Å². The molecule has 18 heteroatoms. The van der Waals surface area contributed by atoms with E-state index in [0.717, 1.165) is 28.7 Å². The molecule has 2 aliphatic heterocycles. The summed E-state index contributed by atoms with van der Waals surface area (Å²) >= 11 is 0.368. The first-order chi connectivity index (χ1) is 25.0. The van der Waals surface area contributed by atoms with E-state index in [4.69, 9.17) is 9.84 Å². The number of amides is 3. The zero-order chi connectivity index (χ0) is 38.6. The van der Waals surface area contributed by atoms with Gasteiger partial charge in [-0.3, -0.25) is 24.2 Å². The van der Waals surface area contributed by atoms with Gasteiger partial charge in [-0.25, -0.2) is 0 Å². The number of nitrogens with zero attached hydrogens (tertiary/aromatic N) is 4. The summed E-state index contributed by atoms with van der Waals surface area (Å²) in [5.74, 6) is -3.52. The average molecular weight is 770 g/mol. The predicted molar refractivity (Wildman–Crippen MR) is 182 cm³/mol. The molecule has 2 saturated heterocycles. The number of carbonyl (C=O) groups excluding carboxylic acids is 3. The van der Waals surface area contributed by atoms with Crippen molar-refractivity contribution in [1.82, 2.24) is 14.8 Å². The van der Waals surface area contributed by atoms with Gasteiger partial charge >= 0.3 is 18.3 Å². The van der Waals surface area contributed by atoms with E-state index in [0.29, 0.717) is 35.2 Å². The Morgan fingerprint density at radius 2 is 1.72 bits per heavy atom. The number of alkyl halides is 6. The van der Waals surface area contributed by atoms with Crippen LogP contribution < -0.4 is 15.0 Å². The number of benzene rings is 1. The number of hydrogen-bond donors (Lipinski definition) is 2. The van der Waals surface area contributed by atoms with Gasteiger partial charge in [-0.05, 0) is 31.0 Å². The molecule has 286 valence electrons. The Morgan fingerprint density at radius 3 is 2.36 bits per heavy atom. The molecule has 2 aromatic heterocycles. The zero-order valence-electron chi connectivity index (χ0n) is 28.5. The molecule has 4 heterocycles. The summed E-state index contributed by atoms with van der Waals surface area (Å²) < 4.78 is 89.3. The minimum Gasteiger partial charge on any atom is -0.481 e. The van der Waals surface area contributed by atoms with Gasteiger partial charge in [-0.2, -0.15) is 26.3 Å². The van der Waals surface area contributed by atoms with Crippen LogP contribution in [0.4, 0.5) is 37.7 Å². The number of aliphatic carboxylic acids is 1. The summed E-state index contributed by atoms with van der Waals surface area (Å²) in [5, 5.41) is 12.8. The number of anilines is 2. The highest BCUT2D eigenvalue weighted by atomic mass is 32.1. The van der Waals surface area contributed by atoms with Gasteiger partial charge in [0.05, 0.1) is 35.0 Å². The Bertz CT molecular complexity index is 1810. The zero-order valence-corrected chi connectivity index (χ0v) is 29.3. The van der Waals surface area contributed by atoms with Crippen molar-refractivity contribution in [2.24, 2.45) is 0 Å². The van der Waals surface area contributed by atoms with E-state index in [2.05, 4.69) is 10.3 Å². The third kappa shape index (κ3) is 8.85. The Labute approximate surface area is 304 Å². The molecular formula is C35H37F6N5O6S. The molecule has 1 aromatic carbocycles. The van der Waals surface area contributed by atoms with Crippen molar-refractivity contribution in [3.05, 3.63) is 70.2 Å². The highest BCUT2D eigenvalue weighted by molar-refractivity contribution is 7.10. The van der Waals surface area contributed by atoms with E-state index in [1.54, 1.807) is 31.2 Å². The van der Waals surface area contributed by atoms with E-state index < -0.39 is 63.7 Å². The van der Waals surface area contributed by atoms with Gasteiger partial charge in [0.25, 0.3) is 11.8 Å². The molecule has 0 bridgehead atoms. The first-order valence-corrected chi connectivity index (χ1v) is 17.7. The molecule has 5 rings (SSSR count). The predicted octanol–water partition coefficient (Wildman–Crippen LogP) is 6.56. The Morgan fingerprint density at radius 1 is 1.00 bits per heavy atom. The number of rotatable bonds is 11. The van der Waals surface area contributed by atoms with Crippen LogP contribution in [0.5, 0.6) is 5.75 Å². The fourth-order valence-electron chi connectivity index (χ4n) is 6.81. The second kappa shape index (κ2) is 16.0. The second-order valence-corrected chi connectivity index (χ2v) is 13.6. The van der Waals surface area contributed by atoms with Gasteiger partial charge in [0.15, 0.2) is 0 Å². The number of carbonyl (C=O) groups is 4. The van der Waals surface area contributed by atoms with Crippen molar-refractivity contribution < 1.29 is 55.4 Å². The maximum absolute atomic E-state index is 14.8. The number of aromatic nitrogens is 1. The first-order valence-electron chi connectivity index (χ1n) is 16.9. The molecule has 0 unspecified atom stereocenters. The smallest absolute Gasteiger partial charge is 0.425 e. The molecule has 0 spiro atoms. The molecule has 3 aromatic rings. The topological polar surface area (TPSA) is 132 Å². The Balaban J connectivity index is 1.46. The number of halogens is 6. The van der Waals surface area contributed by atoms with E-state index >= 15 is 0 Å². The van der Waals surface area contributed by atoms with E-state index in [9.17, 15) is 45.5 Å². The van der Waals surface area contributed by atoms with Crippen LogP contribution in [0.15, 0.2) is 54.2 Å². The molecule has 11 nitrogen and oxygen atoms in total. The van der Waals surface area contributed by atoms with Gasteiger partial charge < -0.3 is 29.9 Å². The molecule has 0 radical (unpaired) electrons. The Hall–Kier alpha value is -4.87. The molecule has 0 aliphatic carbocycles. The van der Waals surface area contributed by atoms with Crippen LogP contribution in [0.3, 0.4) is 0 Å². The highest BCUT2D eigenvalue weighted by Gasteiger charge is 2.56. The van der Waals surface area contributed by atoms with Crippen molar-refractivity contribution in [3.8, 4) is 5.75 Å². The number of likely N-dealkylation sites (tertiary alicyclic amines) is 1. The van der Waals surface area contributed by atoms with Crippen molar-refractivity contribution >= 4 is 46.4 Å². The molecule has 53 heavy (non-hydrogen) atoms. The van der Waals surface area contributed by atoms with E-state index in [-0.39, 0.29) is 70.6 Å². The molecule has 3 amide bonds.